The third-order valence-electron chi connectivity index (χ3n) is 3.59. The lowest BCUT2D eigenvalue weighted by Crippen LogP contribution is -2.11. The number of halogens is 2. The maximum absolute atomic E-state index is 12.7. The largest absolute Gasteiger partial charge is 0.320 e. The van der Waals surface area contributed by atoms with Gasteiger partial charge in [0.15, 0.2) is 0 Å². The molecule has 0 heterocycles. The predicted molar refractivity (Wildman–Crippen MR) is 114 cm³/mol. The summed E-state index contributed by atoms with van der Waals surface area (Å²) in [6, 6.07) is 11.6. The third kappa shape index (κ3) is 10.5. The Kier molecular flexibility index (Phi) is 14.8. The van der Waals surface area contributed by atoms with E-state index in [4.69, 9.17) is 5.73 Å². The van der Waals surface area contributed by atoms with E-state index in [1.807, 2.05) is 0 Å². The van der Waals surface area contributed by atoms with Gasteiger partial charge in [0, 0.05) is 0 Å². The van der Waals surface area contributed by atoms with Crippen LogP contribution in [-0.2, 0) is 0 Å². The number of benzene rings is 2. The van der Waals surface area contributed by atoms with Crippen molar-refractivity contribution < 1.29 is 8.78 Å². The minimum atomic E-state index is -0.360. The van der Waals surface area contributed by atoms with Crippen LogP contribution in [0, 0.1) is 17.6 Å². The summed E-state index contributed by atoms with van der Waals surface area (Å²) in [5.41, 5.74) is 7.57. The van der Waals surface area contributed by atoms with Gasteiger partial charge < -0.3 is 5.73 Å². The highest BCUT2D eigenvalue weighted by atomic mass is 32.1. The van der Waals surface area contributed by atoms with E-state index >= 15 is 0 Å². The van der Waals surface area contributed by atoms with E-state index in [9.17, 15) is 8.78 Å². The topological polar surface area (TPSA) is 26.0 Å². The van der Waals surface area contributed by atoms with Crippen LogP contribution in [0.3, 0.4) is 0 Å². The Bertz CT molecular complexity index is 511. The fourth-order valence-electron chi connectivity index (χ4n) is 2.15. The van der Waals surface area contributed by atoms with Gasteiger partial charge in [-0.15, -0.1) is 0 Å². The van der Waals surface area contributed by atoms with Crippen LogP contribution in [0.5, 0.6) is 0 Å². The molecule has 0 spiro atoms. The molecule has 1 nitrogen and oxygen atoms in total. The van der Waals surface area contributed by atoms with Gasteiger partial charge in [-0.05, 0) is 41.3 Å². The molecule has 2 aromatic carbocycles. The molecule has 142 valence electrons. The van der Waals surface area contributed by atoms with Crippen LogP contribution in [0.15, 0.2) is 48.5 Å². The highest BCUT2D eigenvalue weighted by molar-refractivity contribution is 7.59. The van der Waals surface area contributed by atoms with Gasteiger partial charge in [0.25, 0.3) is 0 Å². The molecule has 0 aliphatic rings. The van der Waals surface area contributed by atoms with Gasteiger partial charge in [-0.1, -0.05) is 64.3 Å². The summed E-state index contributed by atoms with van der Waals surface area (Å²) in [6.07, 6.45) is 4.15. The van der Waals surface area contributed by atoms with Crippen LogP contribution in [0.25, 0.3) is 0 Å². The summed E-state index contributed by atoms with van der Waals surface area (Å²) < 4.78 is 25.4. The molecule has 0 bridgehead atoms. The van der Waals surface area contributed by atoms with Gasteiger partial charge in [0.2, 0.25) is 0 Å². The van der Waals surface area contributed by atoms with Crippen LogP contribution >= 0.6 is 27.0 Å². The Hall–Kier alpha value is -1.04. The molecule has 2 N–H and O–H groups in total. The summed E-state index contributed by atoms with van der Waals surface area (Å²) in [4.78, 5) is 0. The molecule has 0 radical (unpaired) electrons. The van der Waals surface area contributed by atoms with Gasteiger partial charge in [0.05, 0.1) is 6.04 Å². The molecule has 0 atom stereocenters. The van der Waals surface area contributed by atoms with E-state index in [1.54, 1.807) is 24.3 Å². The zero-order chi connectivity index (χ0) is 17.2. The van der Waals surface area contributed by atoms with Crippen LogP contribution < -0.4 is 5.73 Å². The Morgan fingerprint density at radius 3 is 1.40 bits per heavy atom. The summed E-state index contributed by atoms with van der Waals surface area (Å²) in [7, 11) is 0. The predicted octanol–water partition coefficient (Wildman–Crippen LogP) is 6.07. The summed E-state index contributed by atoms with van der Waals surface area (Å²) in [5, 5.41) is 0. The van der Waals surface area contributed by atoms with Crippen molar-refractivity contribution in [3.8, 4) is 0 Å². The van der Waals surface area contributed by atoms with E-state index in [0.29, 0.717) is 0 Å². The van der Waals surface area contributed by atoms with Crippen LogP contribution in [0.1, 0.15) is 57.2 Å². The smallest absolute Gasteiger partial charge is 0.123 e. The van der Waals surface area contributed by atoms with E-state index in [0.717, 1.165) is 17.0 Å². The first-order chi connectivity index (χ1) is 10.9. The SMILES string of the molecule is CCCCC(C)C.NC(c1ccc(F)cc1)c1ccc(F)cc1.S.S. The second-order valence-corrected chi connectivity index (χ2v) is 6.12. The quantitative estimate of drug-likeness (QED) is 0.662. The molecule has 0 unspecified atom stereocenters. The minimum absolute atomic E-state index is 0. The summed E-state index contributed by atoms with van der Waals surface area (Å²) in [6.45, 7) is 6.79. The van der Waals surface area contributed by atoms with Crippen molar-refractivity contribution in [3.05, 3.63) is 71.3 Å². The minimum Gasteiger partial charge on any atom is -0.320 e. The molecule has 0 saturated carbocycles. The summed E-state index contributed by atoms with van der Waals surface area (Å²) >= 11 is 0. The van der Waals surface area contributed by atoms with E-state index < -0.39 is 0 Å². The van der Waals surface area contributed by atoms with Gasteiger partial charge in [0.1, 0.15) is 11.6 Å². The molecule has 0 amide bonds. The normalized spacial score (nSPS) is 9.76. The highest BCUT2D eigenvalue weighted by Crippen LogP contribution is 2.19. The number of unbranched alkanes of at least 4 members (excludes halogenated alkanes) is 1. The monoisotopic (exact) mass is 387 g/mol. The Labute approximate surface area is 164 Å². The van der Waals surface area contributed by atoms with E-state index in [1.165, 1.54) is 43.5 Å². The van der Waals surface area contributed by atoms with Crippen LogP contribution in [0.4, 0.5) is 8.78 Å². The maximum atomic E-state index is 12.7. The number of hydrogen-bond donors (Lipinski definition) is 1. The fraction of sp³-hybridized carbons (Fsp3) is 0.400. The van der Waals surface area contributed by atoms with Crippen molar-refractivity contribution in [2.45, 2.75) is 46.1 Å². The molecule has 2 aromatic rings. The second kappa shape index (κ2) is 14.2. The first-order valence-electron chi connectivity index (χ1n) is 8.20. The molecule has 0 aliphatic heterocycles. The van der Waals surface area contributed by atoms with Gasteiger partial charge in [-0.2, -0.15) is 27.0 Å². The van der Waals surface area contributed by atoms with Gasteiger partial charge >= 0.3 is 0 Å². The zero-order valence-electron chi connectivity index (χ0n) is 15.2. The third-order valence-corrected chi connectivity index (χ3v) is 3.59. The molecular formula is C20H31F2NS2. The number of nitrogens with two attached hydrogens (primary N) is 1. The van der Waals surface area contributed by atoms with Crippen LogP contribution in [-0.4, -0.2) is 0 Å². The van der Waals surface area contributed by atoms with Crippen molar-refractivity contribution in [1.82, 2.24) is 0 Å². The lowest BCUT2D eigenvalue weighted by Gasteiger charge is -2.12. The Morgan fingerprint density at radius 2 is 1.16 bits per heavy atom. The highest BCUT2D eigenvalue weighted by Gasteiger charge is 2.08. The molecule has 0 aromatic heterocycles. The first kappa shape index (κ1) is 26.2. The lowest BCUT2D eigenvalue weighted by atomic mass is 10.00. The second-order valence-electron chi connectivity index (χ2n) is 6.12. The van der Waals surface area contributed by atoms with Crippen molar-refractivity contribution in [2.75, 3.05) is 0 Å². The number of rotatable bonds is 5. The van der Waals surface area contributed by atoms with Crippen LogP contribution in [0.2, 0.25) is 0 Å². The van der Waals surface area contributed by atoms with Crippen molar-refractivity contribution in [3.63, 3.8) is 0 Å². The molecule has 0 aliphatic carbocycles. The molecular weight excluding hydrogens is 356 g/mol. The zero-order valence-corrected chi connectivity index (χ0v) is 17.2. The fourth-order valence-corrected chi connectivity index (χ4v) is 2.15. The molecule has 5 heteroatoms. The first-order valence-corrected chi connectivity index (χ1v) is 8.20. The standard InChI is InChI=1S/C13H11F2N.C7H16.2H2S/c14-11-5-1-9(2-6-11)13(16)10-3-7-12(15)8-4-10;1-4-5-6-7(2)3;;/h1-8,13H,16H2;7H,4-6H2,1-3H3;2*1H2. The van der Waals surface area contributed by atoms with Gasteiger partial charge in [-0.3, -0.25) is 0 Å². The van der Waals surface area contributed by atoms with Gasteiger partial charge in [-0.25, -0.2) is 8.78 Å². The van der Waals surface area contributed by atoms with E-state index in [2.05, 4.69) is 20.8 Å². The Morgan fingerprint density at radius 1 is 0.800 bits per heavy atom. The maximum Gasteiger partial charge on any atom is 0.123 e. The van der Waals surface area contributed by atoms with Crippen molar-refractivity contribution in [2.24, 2.45) is 11.7 Å². The van der Waals surface area contributed by atoms with Crippen molar-refractivity contribution in [1.29, 1.82) is 0 Å². The Balaban J connectivity index is 0. The average Bonchev–Trinajstić information content (AvgIpc) is 2.54. The molecule has 2 rings (SSSR count). The summed E-state index contributed by atoms with van der Waals surface area (Å²) in [5.74, 6) is 0.310. The van der Waals surface area contributed by atoms with E-state index in [-0.39, 0.29) is 44.7 Å². The number of hydrogen-bond acceptors (Lipinski definition) is 1. The molecule has 0 saturated heterocycles. The average molecular weight is 388 g/mol. The lowest BCUT2D eigenvalue weighted by molar-refractivity contribution is 0.550. The molecule has 0 fully saturated rings. The van der Waals surface area contributed by atoms with Crippen molar-refractivity contribution >= 4 is 27.0 Å². The molecule has 25 heavy (non-hydrogen) atoms.